The predicted octanol–water partition coefficient (Wildman–Crippen LogP) is 6.01. The molecule has 0 amide bonds. The Hall–Kier alpha value is -2.92. The summed E-state index contributed by atoms with van der Waals surface area (Å²) < 4.78 is 28.9. The van der Waals surface area contributed by atoms with Gasteiger partial charge in [0.1, 0.15) is 11.6 Å². The van der Waals surface area contributed by atoms with E-state index in [1.165, 1.54) is 18.2 Å². The van der Waals surface area contributed by atoms with Gasteiger partial charge in [-0.05, 0) is 60.9 Å². The average Bonchev–Trinajstić information content (AvgIpc) is 2.93. The molecule has 0 aliphatic rings. The highest BCUT2D eigenvalue weighted by Crippen LogP contribution is 2.30. The fraction of sp³-hybridized carbons (Fsp3) is 0.174. The number of halogens is 3. The highest BCUT2D eigenvalue weighted by atomic mass is 35.5. The molecule has 1 N–H and O–H groups in total. The summed E-state index contributed by atoms with van der Waals surface area (Å²) in [5.41, 5.74) is 6.96. The molecule has 2 aromatic carbocycles. The van der Waals surface area contributed by atoms with E-state index in [2.05, 4.69) is 28.7 Å². The van der Waals surface area contributed by atoms with Crippen LogP contribution < -0.4 is 5.32 Å². The molecule has 0 saturated heterocycles. The zero-order chi connectivity index (χ0) is 19.7. The number of rotatable bonds is 5. The lowest BCUT2D eigenvalue weighted by Crippen LogP contribution is -2.06. The van der Waals surface area contributed by atoms with E-state index in [9.17, 15) is 8.78 Å². The van der Waals surface area contributed by atoms with Crippen LogP contribution in [-0.4, -0.2) is 9.55 Å². The number of aromatic nitrogens is 2. The second-order valence-electron chi connectivity index (χ2n) is 6.96. The summed E-state index contributed by atoms with van der Waals surface area (Å²) in [6.45, 7) is 5.24. The molecule has 150 valence electrons. The molecule has 0 atom stereocenters. The minimum absolute atomic E-state index is 0. The number of benzene rings is 2. The summed E-state index contributed by atoms with van der Waals surface area (Å²) in [5, 5.41) is 3.44. The Morgan fingerprint density at radius 2 is 1.69 bits per heavy atom. The first kappa shape index (κ1) is 20.8. The first-order valence-electron chi connectivity index (χ1n) is 9.20. The summed E-state index contributed by atoms with van der Waals surface area (Å²) >= 11 is 0. The number of hydrogen-bond acceptors (Lipinski definition) is 2. The van der Waals surface area contributed by atoms with Gasteiger partial charge < -0.3 is 9.88 Å². The van der Waals surface area contributed by atoms with Crippen LogP contribution >= 0.6 is 12.4 Å². The normalized spacial score (nSPS) is 10.8. The van der Waals surface area contributed by atoms with Gasteiger partial charge in [0.15, 0.2) is 0 Å². The van der Waals surface area contributed by atoms with Crippen molar-refractivity contribution in [1.29, 1.82) is 0 Å². The molecule has 0 spiro atoms. The van der Waals surface area contributed by atoms with Crippen LogP contribution in [-0.2, 0) is 13.1 Å². The molecule has 0 aliphatic carbocycles. The second-order valence-corrected chi connectivity index (χ2v) is 6.96. The Bertz CT molecular complexity index is 1140. The van der Waals surface area contributed by atoms with Crippen LogP contribution in [0.15, 0.2) is 60.8 Å². The van der Waals surface area contributed by atoms with E-state index in [1.54, 1.807) is 30.5 Å². The van der Waals surface area contributed by atoms with Gasteiger partial charge in [0.2, 0.25) is 0 Å². The smallest absolute Gasteiger partial charge is 0.123 e. The van der Waals surface area contributed by atoms with Gasteiger partial charge in [-0.3, -0.25) is 4.98 Å². The maximum Gasteiger partial charge on any atom is 0.123 e. The molecule has 4 aromatic rings. The third-order valence-corrected chi connectivity index (χ3v) is 5.12. The van der Waals surface area contributed by atoms with Gasteiger partial charge >= 0.3 is 0 Å². The lowest BCUT2D eigenvalue weighted by Gasteiger charge is -2.13. The van der Waals surface area contributed by atoms with Crippen LogP contribution in [0.2, 0.25) is 0 Å². The predicted molar refractivity (Wildman–Crippen MR) is 116 cm³/mol. The molecule has 0 saturated carbocycles. The largest absolute Gasteiger partial charge is 0.379 e. The lowest BCUT2D eigenvalue weighted by molar-refractivity contribution is 0.623. The van der Waals surface area contributed by atoms with Crippen molar-refractivity contribution in [2.24, 2.45) is 0 Å². The minimum Gasteiger partial charge on any atom is -0.379 e. The monoisotopic (exact) mass is 413 g/mol. The van der Waals surface area contributed by atoms with Crippen molar-refractivity contribution >= 4 is 29.1 Å². The highest BCUT2D eigenvalue weighted by molar-refractivity contribution is 5.92. The third kappa shape index (κ3) is 4.25. The summed E-state index contributed by atoms with van der Waals surface area (Å²) in [6.07, 6.45) is 1.79. The van der Waals surface area contributed by atoms with Gasteiger partial charge in [0.05, 0.1) is 16.7 Å². The van der Waals surface area contributed by atoms with Gasteiger partial charge in [-0.1, -0.05) is 24.3 Å². The van der Waals surface area contributed by atoms with E-state index < -0.39 is 0 Å². The number of aryl methyl sites for hydroxylation is 1. The number of fused-ring (bicyclic) bond motifs is 1. The zero-order valence-electron chi connectivity index (χ0n) is 16.2. The van der Waals surface area contributed by atoms with Crippen LogP contribution in [0, 0.1) is 25.5 Å². The molecule has 29 heavy (non-hydrogen) atoms. The highest BCUT2D eigenvalue weighted by Gasteiger charge is 2.16. The van der Waals surface area contributed by atoms with E-state index in [4.69, 9.17) is 0 Å². The maximum absolute atomic E-state index is 13.6. The molecule has 4 rings (SSSR count). The average molecular weight is 414 g/mol. The van der Waals surface area contributed by atoms with Crippen molar-refractivity contribution in [2.75, 3.05) is 5.32 Å². The molecular formula is C23H22ClF2N3. The second kappa shape index (κ2) is 8.62. The van der Waals surface area contributed by atoms with Crippen LogP contribution in [0.3, 0.4) is 0 Å². The van der Waals surface area contributed by atoms with Gasteiger partial charge in [-0.15, -0.1) is 12.4 Å². The Balaban J connectivity index is 0.00000240. The standard InChI is InChI=1S/C23H21F2N3.ClH/c1-15-16(2)28(14-18-4-3-5-20(25)12-18)23-21(10-11-26-22(15)23)27-13-17-6-8-19(24)9-7-17;/h3-12H,13-14H2,1-2H3,(H,26,27);1H. The zero-order valence-corrected chi connectivity index (χ0v) is 17.1. The molecule has 0 fully saturated rings. The summed E-state index contributed by atoms with van der Waals surface area (Å²) in [5.74, 6) is -0.485. The first-order chi connectivity index (χ1) is 13.5. The van der Waals surface area contributed by atoms with Crippen molar-refractivity contribution in [3.8, 4) is 0 Å². The number of hydrogen-bond donors (Lipinski definition) is 1. The van der Waals surface area contributed by atoms with E-state index in [0.29, 0.717) is 13.1 Å². The topological polar surface area (TPSA) is 29.9 Å². The molecule has 0 bridgehead atoms. The Kier molecular flexibility index (Phi) is 6.18. The molecule has 0 aliphatic heterocycles. The fourth-order valence-corrected chi connectivity index (χ4v) is 3.50. The van der Waals surface area contributed by atoms with Crippen molar-refractivity contribution in [2.45, 2.75) is 26.9 Å². The fourth-order valence-electron chi connectivity index (χ4n) is 3.50. The van der Waals surface area contributed by atoms with E-state index in [1.807, 2.05) is 12.1 Å². The van der Waals surface area contributed by atoms with Crippen molar-refractivity contribution in [1.82, 2.24) is 9.55 Å². The van der Waals surface area contributed by atoms with E-state index >= 15 is 0 Å². The maximum atomic E-state index is 13.6. The Labute approximate surface area is 174 Å². The number of anilines is 1. The molecule has 3 nitrogen and oxygen atoms in total. The molecule has 6 heteroatoms. The third-order valence-electron chi connectivity index (χ3n) is 5.12. The lowest BCUT2D eigenvalue weighted by atomic mass is 10.2. The van der Waals surface area contributed by atoms with Crippen molar-refractivity contribution < 1.29 is 8.78 Å². The summed E-state index contributed by atoms with van der Waals surface area (Å²) in [4.78, 5) is 4.56. The SMILES string of the molecule is Cc1c(C)n(Cc2cccc(F)c2)c2c(NCc3ccc(F)cc3)ccnc12.Cl. The molecule has 0 unspecified atom stereocenters. The van der Waals surface area contributed by atoms with Gasteiger partial charge in [-0.2, -0.15) is 0 Å². The Morgan fingerprint density at radius 1 is 0.931 bits per heavy atom. The van der Waals surface area contributed by atoms with E-state index in [-0.39, 0.29) is 24.0 Å². The van der Waals surface area contributed by atoms with Crippen molar-refractivity contribution in [3.63, 3.8) is 0 Å². The Morgan fingerprint density at radius 3 is 2.41 bits per heavy atom. The van der Waals surface area contributed by atoms with Crippen molar-refractivity contribution in [3.05, 3.63) is 94.8 Å². The first-order valence-corrected chi connectivity index (χ1v) is 9.20. The van der Waals surface area contributed by atoms with Crippen LogP contribution in [0.1, 0.15) is 22.4 Å². The van der Waals surface area contributed by atoms with Crippen LogP contribution in [0.5, 0.6) is 0 Å². The van der Waals surface area contributed by atoms with Gasteiger partial charge in [-0.25, -0.2) is 8.78 Å². The number of pyridine rings is 1. The molecule has 2 heterocycles. The van der Waals surface area contributed by atoms with Crippen LogP contribution in [0.25, 0.3) is 11.0 Å². The summed E-state index contributed by atoms with van der Waals surface area (Å²) in [6, 6.07) is 15.0. The number of nitrogens with zero attached hydrogens (tertiary/aromatic N) is 2. The molecular weight excluding hydrogens is 392 g/mol. The minimum atomic E-state index is -0.245. The van der Waals surface area contributed by atoms with E-state index in [0.717, 1.165) is 39.1 Å². The molecule has 2 aromatic heterocycles. The number of nitrogens with one attached hydrogen (secondary N) is 1. The van der Waals surface area contributed by atoms with Crippen LogP contribution in [0.4, 0.5) is 14.5 Å². The van der Waals surface area contributed by atoms with Gasteiger partial charge in [0.25, 0.3) is 0 Å². The summed E-state index contributed by atoms with van der Waals surface area (Å²) in [7, 11) is 0. The quantitative estimate of drug-likeness (QED) is 0.434. The van der Waals surface area contributed by atoms with Gasteiger partial charge in [0, 0.05) is 25.0 Å². The molecule has 0 radical (unpaired) electrons.